The lowest BCUT2D eigenvalue weighted by Gasteiger charge is -2.12. The van der Waals surface area contributed by atoms with Gasteiger partial charge in [-0.3, -0.25) is 10.1 Å². The van der Waals surface area contributed by atoms with Crippen molar-refractivity contribution in [3.63, 3.8) is 0 Å². The number of nitro benzene ring substituents is 1. The number of rotatable bonds is 6. The molecule has 0 aliphatic carbocycles. The third-order valence-corrected chi connectivity index (χ3v) is 2.25. The summed E-state index contributed by atoms with van der Waals surface area (Å²) in [5.41, 5.74) is 0.486. The molecule has 1 atom stereocenters. The number of nitro groups is 1. The Bertz CT molecular complexity index is 395. The first-order valence-corrected chi connectivity index (χ1v) is 5.25. The molecule has 0 saturated carbocycles. The van der Waals surface area contributed by atoms with Crippen molar-refractivity contribution in [1.29, 1.82) is 0 Å². The quantitative estimate of drug-likeness (QED) is 0.569. The van der Waals surface area contributed by atoms with Crippen molar-refractivity contribution in [3.8, 4) is 5.75 Å². The standard InChI is InChI=1S/C11H16N2O4/c1-8-4-3-5-10(11(8)13(15)16)17-7-9(14)6-12-2/h3-5,9,12,14H,6-7H2,1-2H3. The van der Waals surface area contributed by atoms with Gasteiger partial charge in [0.25, 0.3) is 0 Å². The van der Waals surface area contributed by atoms with E-state index in [1.54, 1.807) is 26.1 Å². The van der Waals surface area contributed by atoms with Crippen LogP contribution in [-0.4, -0.2) is 36.3 Å². The Balaban J connectivity index is 2.77. The lowest BCUT2D eigenvalue weighted by Crippen LogP contribution is -2.29. The highest BCUT2D eigenvalue weighted by molar-refractivity contribution is 5.52. The fourth-order valence-corrected chi connectivity index (χ4v) is 1.46. The Morgan fingerprint density at radius 3 is 2.88 bits per heavy atom. The molecule has 1 aromatic carbocycles. The average Bonchev–Trinajstić information content (AvgIpc) is 2.26. The van der Waals surface area contributed by atoms with E-state index < -0.39 is 11.0 Å². The first-order chi connectivity index (χ1) is 8.06. The van der Waals surface area contributed by atoms with Crippen LogP contribution in [0.1, 0.15) is 5.56 Å². The van der Waals surface area contributed by atoms with Crippen molar-refractivity contribution in [2.24, 2.45) is 0 Å². The summed E-state index contributed by atoms with van der Waals surface area (Å²) in [6.45, 7) is 2.04. The second-order valence-electron chi connectivity index (χ2n) is 3.70. The van der Waals surface area contributed by atoms with Crippen molar-refractivity contribution in [2.45, 2.75) is 13.0 Å². The summed E-state index contributed by atoms with van der Waals surface area (Å²) in [7, 11) is 1.71. The van der Waals surface area contributed by atoms with E-state index in [0.717, 1.165) is 0 Å². The highest BCUT2D eigenvalue weighted by Gasteiger charge is 2.18. The highest BCUT2D eigenvalue weighted by Crippen LogP contribution is 2.30. The van der Waals surface area contributed by atoms with E-state index in [4.69, 9.17) is 4.74 Å². The third kappa shape index (κ3) is 3.69. The van der Waals surface area contributed by atoms with E-state index >= 15 is 0 Å². The molecule has 94 valence electrons. The van der Waals surface area contributed by atoms with Crippen molar-refractivity contribution >= 4 is 5.69 Å². The zero-order chi connectivity index (χ0) is 12.8. The van der Waals surface area contributed by atoms with Gasteiger partial charge in [-0.05, 0) is 20.0 Å². The lowest BCUT2D eigenvalue weighted by molar-refractivity contribution is -0.386. The molecule has 0 aliphatic heterocycles. The van der Waals surface area contributed by atoms with E-state index in [0.29, 0.717) is 12.1 Å². The van der Waals surface area contributed by atoms with Crippen LogP contribution in [0.4, 0.5) is 5.69 Å². The molecule has 0 amide bonds. The van der Waals surface area contributed by atoms with Gasteiger partial charge in [-0.1, -0.05) is 12.1 Å². The molecule has 2 N–H and O–H groups in total. The predicted octanol–water partition coefficient (Wildman–Crippen LogP) is 0.862. The number of nitrogens with zero attached hydrogens (tertiary/aromatic N) is 1. The Hall–Kier alpha value is -1.66. The Labute approximate surface area is 99.4 Å². The molecule has 17 heavy (non-hydrogen) atoms. The smallest absolute Gasteiger partial charge is 0.313 e. The molecule has 0 radical (unpaired) electrons. The maximum atomic E-state index is 10.9. The van der Waals surface area contributed by atoms with Gasteiger partial charge in [0.2, 0.25) is 0 Å². The number of hydrogen-bond donors (Lipinski definition) is 2. The van der Waals surface area contributed by atoms with Gasteiger partial charge in [-0.15, -0.1) is 0 Å². The molecule has 0 aliphatic rings. The van der Waals surface area contributed by atoms with E-state index in [-0.39, 0.29) is 18.0 Å². The number of hydrogen-bond acceptors (Lipinski definition) is 5. The number of benzene rings is 1. The molecule has 6 heteroatoms. The van der Waals surface area contributed by atoms with Crippen molar-refractivity contribution < 1.29 is 14.8 Å². The van der Waals surface area contributed by atoms with E-state index in [2.05, 4.69) is 5.32 Å². The minimum absolute atomic E-state index is 0.0190. The third-order valence-electron chi connectivity index (χ3n) is 2.25. The number of aliphatic hydroxyl groups excluding tert-OH is 1. The van der Waals surface area contributed by atoms with Gasteiger partial charge in [0.1, 0.15) is 12.7 Å². The van der Waals surface area contributed by atoms with Crippen LogP contribution < -0.4 is 10.1 Å². The summed E-state index contributed by atoms with van der Waals surface area (Å²) in [5, 5.41) is 23.1. The maximum Gasteiger partial charge on any atom is 0.313 e. The van der Waals surface area contributed by atoms with Crippen LogP contribution in [0.15, 0.2) is 18.2 Å². The van der Waals surface area contributed by atoms with Crippen LogP contribution in [0.25, 0.3) is 0 Å². The van der Waals surface area contributed by atoms with Crippen LogP contribution in [0, 0.1) is 17.0 Å². The van der Waals surface area contributed by atoms with Crippen LogP contribution in [0.3, 0.4) is 0 Å². The number of para-hydroxylation sites is 1. The van der Waals surface area contributed by atoms with Gasteiger partial charge in [0.15, 0.2) is 5.75 Å². The van der Waals surface area contributed by atoms with Crippen LogP contribution in [-0.2, 0) is 0 Å². The molecule has 0 aromatic heterocycles. The largest absolute Gasteiger partial charge is 0.484 e. The number of ether oxygens (including phenoxy) is 1. The zero-order valence-electron chi connectivity index (χ0n) is 9.84. The molecule has 0 heterocycles. The van der Waals surface area contributed by atoms with Gasteiger partial charge >= 0.3 is 5.69 Å². The summed E-state index contributed by atoms with van der Waals surface area (Å²) >= 11 is 0. The number of aliphatic hydroxyl groups is 1. The summed E-state index contributed by atoms with van der Waals surface area (Å²) in [6.07, 6.45) is -0.694. The summed E-state index contributed by atoms with van der Waals surface area (Å²) < 4.78 is 5.26. The van der Waals surface area contributed by atoms with Crippen molar-refractivity contribution in [3.05, 3.63) is 33.9 Å². The second-order valence-corrected chi connectivity index (χ2v) is 3.70. The number of likely N-dealkylation sites (N-methyl/N-ethyl adjacent to an activating group) is 1. The second kappa shape index (κ2) is 6.17. The normalized spacial score (nSPS) is 12.2. The summed E-state index contributed by atoms with van der Waals surface area (Å²) in [6, 6.07) is 4.86. The van der Waals surface area contributed by atoms with Gasteiger partial charge < -0.3 is 15.2 Å². The minimum atomic E-state index is -0.694. The minimum Gasteiger partial charge on any atom is -0.484 e. The Kier molecular flexibility index (Phi) is 4.86. The molecule has 1 rings (SSSR count). The van der Waals surface area contributed by atoms with E-state index in [9.17, 15) is 15.2 Å². The molecular weight excluding hydrogens is 224 g/mol. The monoisotopic (exact) mass is 240 g/mol. The van der Waals surface area contributed by atoms with E-state index in [1.165, 1.54) is 6.07 Å². The maximum absolute atomic E-state index is 10.9. The van der Waals surface area contributed by atoms with Crippen LogP contribution >= 0.6 is 0 Å². The predicted molar refractivity (Wildman–Crippen MR) is 63.3 cm³/mol. The molecule has 0 spiro atoms. The number of aryl methyl sites for hydroxylation is 1. The zero-order valence-corrected chi connectivity index (χ0v) is 9.84. The van der Waals surface area contributed by atoms with Gasteiger partial charge in [-0.25, -0.2) is 0 Å². The Morgan fingerprint density at radius 1 is 1.59 bits per heavy atom. The van der Waals surface area contributed by atoms with Gasteiger partial charge in [-0.2, -0.15) is 0 Å². The molecule has 0 bridgehead atoms. The molecular formula is C11H16N2O4. The van der Waals surface area contributed by atoms with Crippen LogP contribution in [0.2, 0.25) is 0 Å². The fourth-order valence-electron chi connectivity index (χ4n) is 1.46. The molecule has 0 saturated heterocycles. The summed E-state index contributed by atoms with van der Waals surface area (Å²) in [5.74, 6) is 0.185. The summed E-state index contributed by atoms with van der Waals surface area (Å²) in [4.78, 5) is 10.4. The first kappa shape index (κ1) is 13.4. The molecule has 1 aromatic rings. The van der Waals surface area contributed by atoms with Crippen molar-refractivity contribution in [1.82, 2.24) is 5.32 Å². The fraction of sp³-hybridized carbons (Fsp3) is 0.455. The number of nitrogens with one attached hydrogen (secondary N) is 1. The molecule has 1 unspecified atom stereocenters. The van der Waals surface area contributed by atoms with Gasteiger partial charge in [0.05, 0.1) is 4.92 Å². The van der Waals surface area contributed by atoms with Crippen LogP contribution in [0.5, 0.6) is 5.75 Å². The lowest BCUT2D eigenvalue weighted by atomic mass is 10.2. The highest BCUT2D eigenvalue weighted by atomic mass is 16.6. The molecule has 6 nitrogen and oxygen atoms in total. The van der Waals surface area contributed by atoms with Gasteiger partial charge in [0, 0.05) is 12.1 Å². The molecule has 0 fully saturated rings. The van der Waals surface area contributed by atoms with E-state index in [1.807, 2.05) is 0 Å². The Morgan fingerprint density at radius 2 is 2.29 bits per heavy atom. The first-order valence-electron chi connectivity index (χ1n) is 5.25. The average molecular weight is 240 g/mol. The van der Waals surface area contributed by atoms with Crippen molar-refractivity contribution in [2.75, 3.05) is 20.2 Å². The topological polar surface area (TPSA) is 84.6 Å². The SMILES string of the molecule is CNCC(O)COc1cccc(C)c1[N+](=O)[O-].